The van der Waals surface area contributed by atoms with Gasteiger partial charge < -0.3 is 4.52 Å². The fraction of sp³-hybridized carbons (Fsp3) is 0.111. The molecule has 0 unspecified atom stereocenters. The quantitative estimate of drug-likeness (QED) is 0.575. The van der Waals surface area contributed by atoms with Crippen LogP contribution in [0.25, 0.3) is 11.5 Å². The molecule has 82 valence electrons. The van der Waals surface area contributed by atoms with Crippen molar-refractivity contribution < 1.29 is 13.8 Å². The maximum atomic E-state index is 13.3. The van der Waals surface area contributed by atoms with Crippen molar-refractivity contribution in [2.75, 3.05) is 0 Å². The number of nitro groups is 1. The fourth-order valence-electron chi connectivity index (χ4n) is 1.20. The van der Waals surface area contributed by atoms with Gasteiger partial charge in [-0.1, -0.05) is 5.16 Å². The Labute approximate surface area is 88.9 Å². The zero-order valence-electron chi connectivity index (χ0n) is 8.18. The molecule has 0 aliphatic heterocycles. The van der Waals surface area contributed by atoms with Crippen molar-refractivity contribution in [1.82, 2.24) is 10.1 Å². The number of hydrogen-bond acceptors (Lipinski definition) is 5. The normalized spacial score (nSPS) is 10.4. The van der Waals surface area contributed by atoms with Gasteiger partial charge in [-0.15, -0.1) is 0 Å². The van der Waals surface area contributed by atoms with Crippen LogP contribution in [0.3, 0.4) is 0 Å². The van der Waals surface area contributed by atoms with Gasteiger partial charge in [-0.2, -0.15) is 9.37 Å². The molecule has 7 heteroatoms. The summed E-state index contributed by atoms with van der Waals surface area (Å²) in [6.45, 7) is 1.62. The molecule has 0 N–H and O–H groups in total. The van der Waals surface area contributed by atoms with Gasteiger partial charge >= 0.3 is 5.69 Å². The Hall–Kier alpha value is -2.31. The third-order valence-corrected chi connectivity index (χ3v) is 1.92. The molecule has 0 saturated heterocycles. The van der Waals surface area contributed by atoms with Crippen LogP contribution in [0.4, 0.5) is 10.1 Å². The van der Waals surface area contributed by atoms with Crippen LogP contribution >= 0.6 is 0 Å². The summed E-state index contributed by atoms with van der Waals surface area (Å²) in [6.07, 6.45) is 0. The maximum absolute atomic E-state index is 13.3. The largest absolute Gasteiger partial charge is 0.334 e. The van der Waals surface area contributed by atoms with E-state index >= 15 is 0 Å². The predicted molar refractivity (Wildman–Crippen MR) is 51.1 cm³/mol. The number of nitro benzene ring substituents is 1. The first-order chi connectivity index (χ1) is 7.58. The topological polar surface area (TPSA) is 82.1 Å². The van der Waals surface area contributed by atoms with E-state index in [4.69, 9.17) is 4.52 Å². The minimum absolute atomic E-state index is 0.131. The molecule has 1 aromatic heterocycles. The van der Waals surface area contributed by atoms with Crippen LogP contribution < -0.4 is 0 Å². The molecule has 16 heavy (non-hydrogen) atoms. The molecule has 1 heterocycles. The van der Waals surface area contributed by atoms with Gasteiger partial charge in [-0.3, -0.25) is 10.1 Å². The van der Waals surface area contributed by atoms with Crippen LogP contribution in [0.1, 0.15) is 5.82 Å². The molecule has 2 rings (SSSR count). The standard InChI is InChI=1S/C9H6FN3O3/c1-5-11-9(16-12-5)6-2-3-8(13(14)15)7(10)4-6/h2-4H,1H3. The zero-order chi connectivity index (χ0) is 11.7. The van der Waals surface area contributed by atoms with E-state index in [1.165, 1.54) is 6.07 Å². The number of aromatic nitrogens is 2. The molecule has 0 radical (unpaired) electrons. The van der Waals surface area contributed by atoms with Gasteiger partial charge in [0.15, 0.2) is 5.82 Å². The molecule has 0 fully saturated rings. The van der Waals surface area contributed by atoms with E-state index in [2.05, 4.69) is 10.1 Å². The summed E-state index contributed by atoms with van der Waals surface area (Å²) in [6, 6.07) is 3.41. The Kier molecular flexibility index (Phi) is 2.35. The summed E-state index contributed by atoms with van der Waals surface area (Å²) in [4.78, 5) is 13.5. The Morgan fingerprint density at radius 2 is 2.25 bits per heavy atom. The monoisotopic (exact) mass is 223 g/mol. The SMILES string of the molecule is Cc1noc(-c2ccc([N+](=O)[O-])c(F)c2)n1. The van der Waals surface area contributed by atoms with Gasteiger partial charge in [0.25, 0.3) is 5.89 Å². The first-order valence-electron chi connectivity index (χ1n) is 4.32. The van der Waals surface area contributed by atoms with Crippen LogP contribution in [0.2, 0.25) is 0 Å². The van der Waals surface area contributed by atoms with Crippen molar-refractivity contribution in [3.8, 4) is 11.5 Å². The second-order valence-electron chi connectivity index (χ2n) is 3.07. The highest BCUT2D eigenvalue weighted by molar-refractivity contribution is 5.56. The number of benzene rings is 1. The maximum Gasteiger partial charge on any atom is 0.304 e. The van der Waals surface area contributed by atoms with Crippen molar-refractivity contribution in [3.63, 3.8) is 0 Å². The molecule has 6 nitrogen and oxygen atoms in total. The molecule has 0 spiro atoms. The van der Waals surface area contributed by atoms with Crippen LogP contribution in [-0.4, -0.2) is 15.1 Å². The Balaban J connectivity index is 2.45. The number of hydrogen-bond donors (Lipinski definition) is 0. The summed E-state index contributed by atoms with van der Waals surface area (Å²) in [7, 11) is 0. The van der Waals surface area contributed by atoms with Gasteiger partial charge in [0, 0.05) is 11.6 Å². The van der Waals surface area contributed by atoms with Crippen molar-refractivity contribution in [2.45, 2.75) is 6.92 Å². The lowest BCUT2D eigenvalue weighted by Crippen LogP contribution is -1.92. The Morgan fingerprint density at radius 3 is 2.75 bits per heavy atom. The van der Waals surface area contributed by atoms with E-state index < -0.39 is 16.4 Å². The Morgan fingerprint density at radius 1 is 1.50 bits per heavy atom. The number of aryl methyl sites for hydroxylation is 1. The smallest absolute Gasteiger partial charge is 0.304 e. The predicted octanol–water partition coefficient (Wildman–Crippen LogP) is 2.09. The van der Waals surface area contributed by atoms with Crippen LogP contribution in [0, 0.1) is 22.9 Å². The molecular formula is C9H6FN3O3. The van der Waals surface area contributed by atoms with Crippen molar-refractivity contribution in [1.29, 1.82) is 0 Å². The van der Waals surface area contributed by atoms with Crippen molar-refractivity contribution >= 4 is 5.69 Å². The van der Waals surface area contributed by atoms with Crippen molar-refractivity contribution in [3.05, 3.63) is 40.0 Å². The molecule has 0 atom stereocenters. The molecule has 0 amide bonds. The van der Waals surface area contributed by atoms with Crippen LogP contribution in [0.15, 0.2) is 22.7 Å². The molecule has 0 aliphatic rings. The highest BCUT2D eigenvalue weighted by Gasteiger charge is 2.16. The summed E-state index contributed by atoms with van der Waals surface area (Å²) >= 11 is 0. The van der Waals surface area contributed by atoms with Gasteiger partial charge in [0.05, 0.1) is 4.92 Å². The lowest BCUT2D eigenvalue weighted by atomic mass is 10.2. The molecule has 2 aromatic rings. The van der Waals surface area contributed by atoms with E-state index in [1.54, 1.807) is 6.92 Å². The van der Waals surface area contributed by atoms with Gasteiger partial charge in [-0.25, -0.2) is 0 Å². The second-order valence-corrected chi connectivity index (χ2v) is 3.07. The third kappa shape index (κ3) is 1.74. The van der Waals surface area contributed by atoms with Gasteiger partial charge in [0.1, 0.15) is 0 Å². The highest BCUT2D eigenvalue weighted by Crippen LogP contribution is 2.24. The average Bonchev–Trinajstić information content (AvgIpc) is 2.64. The molecule has 0 aliphatic carbocycles. The summed E-state index contributed by atoms with van der Waals surface area (Å²) in [5.41, 5.74) is -0.274. The van der Waals surface area contributed by atoms with E-state index in [0.717, 1.165) is 12.1 Å². The molecule has 0 bridgehead atoms. The second kappa shape index (κ2) is 3.69. The Bertz CT molecular complexity index is 553. The highest BCUT2D eigenvalue weighted by atomic mass is 19.1. The van der Waals surface area contributed by atoms with Crippen molar-refractivity contribution in [2.24, 2.45) is 0 Å². The third-order valence-electron chi connectivity index (χ3n) is 1.92. The molecule has 1 aromatic carbocycles. The van der Waals surface area contributed by atoms with E-state index in [9.17, 15) is 14.5 Å². The first kappa shape index (κ1) is 10.2. The van der Waals surface area contributed by atoms with Gasteiger partial charge in [0.2, 0.25) is 5.82 Å². The van der Waals surface area contributed by atoms with Crippen LogP contribution in [-0.2, 0) is 0 Å². The summed E-state index contributed by atoms with van der Waals surface area (Å²) in [5, 5.41) is 13.9. The van der Waals surface area contributed by atoms with E-state index in [-0.39, 0.29) is 5.89 Å². The number of halogens is 1. The minimum atomic E-state index is -0.932. The fourth-order valence-corrected chi connectivity index (χ4v) is 1.20. The lowest BCUT2D eigenvalue weighted by molar-refractivity contribution is -0.387. The number of rotatable bonds is 2. The van der Waals surface area contributed by atoms with Crippen LogP contribution in [0.5, 0.6) is 0 Å². The molecular weight excluding hydrogens is 217 g/mol. The van der Waals surface area contributed by atoms with Gasteiger partial charge in [-0.05, 0) is 19.1 Å². The lowest BCUT2D eigenvalue weighted by Gasteiger charge is -1.96. The number of nitrogens with zero attached hydrogens (tertiary/aromatic N) is 3. The van der Waals surface area contributed by atoms with E-state index in [1.807, 2.05) is 0 Å². The summed E-state index contributed by atoms with van der Waals surface area (Å²) < 4.78 is 18.1. The minimum Gasteiger partial charge on any atom is -0.334 e. The molecule has 0 saturated carbocycles. The average molecular weight is 223 g/mol. The first-order valence-corrected chi connectivity index (χ1v) is 4.32. The zero-order valence-corrected chi connectivity index (χ0v) is 8.18. The summed E-state index contributed by atoms with van der Waals surface area (Å²) in [5.74, 6) is -0.390. The van der Waals surface area contributed by atoms with E-state index in [0.29, 0.717) is 11.4 Å².